The number of urea groups is 1. The van der Waals surface area contributed by atoms with E-state index in [4.69, 9.17) is 11.5 Å². The van der Waals surface area contributed by atoms with Crippen LogP contribution in [-0.2, 0) is 6.54 Å². The maximum absolute atomic E-state index is 12.5. The van der Waals surface area contributed by atoms with Gasteiger partial charge in [-0.15, -0.1) is 0 Å². The van der Waals surface area contributed by atoms with Crippen LogP contribution in [0.15, 0.2) is 64.8 Å². The van der Waals surface area contributed by atoms with Crippen molar-refractivity contribution in [2.24, 2.45) is 16.5 Å². The van der Waals surface area contributed by atoms with Crippen molar-refractivity contribution in [1.82, 2.24) is 29.8 Å². The van der Waals surface area contributed by atoms with E-state index in [0.29, 0.717) is 11.6 Å². The van der Waals surface area contributed by atoms with E-state index in [2.05, 4.69) is 35.1 Å². The number of nitrogens with zero attached hydrogens (tertiary/aromatic N) is 6. The number of H-pyrrole nitrogens is 1. The van der Waals surface area contributed by atoms with Crippen LogP contribution in [0.1, 0.15) is 24.4 Å². The summed E-state index contributed by atoms with van der Waals surface area (Å²) in [5.41, 5.74) is 14.4. The highest BCUT2D eigenvalue weighted by atomic mass is 16.2. The maximum atomic E-state index is 12.5. The molecule has 1 saturated heterocycles. The number of aliphatic imine (C=N–C) groups is 1. The molecule has 1 aliphatic heterocycles. The SMILES string of the molecule is NC(N)=NC(=O)NCc1cccc(-c2cnc(N3CCC(n4c(=O)[nH]c5cccnc54)CC3)nc2)c1. The number of fused-ring (bicyclic) bond motifs is 1. The van der Waals surface area contributed by atoms with Crippen molar-refractivity contribution in [2.45, 2.75) is 25.4 Å². The van der Waals surface area contributed by atoms with Gasteiger partial charge < -0.3 is 26.7 Å². The van der Waals surface area contributed by atoms with Crippen LogP contribution >= 0.6 is 0 Å². The summed E-state index contributed by atoms with van der Waals surface area (Å²) in [5.74, 6) is 0.369. The molecule has 0 aliphatic carbocycles. The van der Waals surface area contributed by atoms with Crippen LogP contribution in [0.3, 0.4) is 0 Å². The summed E-state index contributed by atoms with van der Waals surface area (Å²) in [6.07, 6.45) is 6.87. The summed E-state index contributed by atoms with van der Waals surface area (Å²) in [4.78, 5) is 46.1. The zero-order valence-electron chi connectivity index (χ0n) is 19.5. The molecule has 12 heteroatoms. The second-order valence-electron chi connectivity index (χ2n) is 8.56. The van der Waals surface area contributed by atoms with E-state index < -0.39 is 6.03 Å². The Morgan fingerprint density at radius 3 is 2.61 bits per heavy atom. The van der Waals surface area contributed by atoms with Gasteiger partial charge in [-0.2, -0.15) is 4.99 Å². The van der Waals surface area contributed by atoms with E-state index in [1.54, 1.807) is 23.2 Å². The molecule has 12 nitrogen and oxygen atoms in total. The Balaban J connectivity index is 1.23. The lowest BCUT2D eigenvalue weighted by Gasteiger charge is -2.32. The number of anilines is 1. The summed E-state index contributed by atoms with van der Waals surface area (Å²) in [6.45, 7) is 1.76. The van der Waals surface area contributed by atoms with Gasteiger partial charge in [0.05, 0.1) is 5.52 Å². The molecule has 0 radical (unpaired) electrons. The molecular weight excluding hydrogens is 460 g/mol. The van der Waals surface area contributed by atoms with E-state index >= 15 is 0 Å². The number of rotatable bonds is 5. The van der Waals surface area contributed by atoms with Gasteiger partial charge in [-0.1, -0.05) is 18.2 Å². The Labute approximate surface area is 206 Å². The Kier molecular flexibility index (Phi) is 6.31. The van der Waals surface area contributed by atoms with Crippen LogP contribution in [0, 0.1) is 0 Å². The largest absolute Gasteiger partial charge is 0.370 e. The normalized spacial score (nSPS) is 14.1. The Bertz CT molecular complexity index is 1460. The number of piperidine rings is 1. The number of hydrogen-bond donors (Lipinski definition) is 4. The van der Waals surface area contributed by atoms with Crippen molar-refractivity contribution in [3.63, 3.8) is 0 Å². The summed E-state index contributed by atoms with van der Waals surface area (Å²) in [6, 6.07) is 10.9. The van der Waals surface area contributed by atoms with Gasteiger partial charge in [-0.3, -0.25) is 4.57 Å². The van der Waals surface area contributed by atoms with Crippen LogP contribution in [0.5, 0.6) is 0 Å². The maximum Gasteiger partial charge on any atom is 0.344 e. The molecule has 1 fully saturated rings. The molecule has 0 unspecified atom stereocenters. The van der Waals surface area contributed by atoms with E-state index in [0.717, 1.165) is 48.1 Å². The highest BCUT2D eigenvalue weighted by molar-refractivity contribution is 5.90. The van der Waals surface area contributed by atoms with Gasteiger partial charge in [-0.05, 0) is 42.2 Å². The number of nitrogens with two attached hydrogens (primary N) is 2. The second-order valence-corrected chi connectivity index (χ2v) is 8.56. The van der Waals surface area contributed by atoms with Crippen molar-refractivity contribution in [3.05, 3.63) is 71.0 Å². The lowest BCUT2D eigenvalue weighted by molar-refractivity contribution is 0.249. The highest BCUT2D eigenvalue weighted by Gasteiger charge is 2.25. The minimum Gasteiger partial charge on any atom is -0.370 e. The topological polar surface area (TPSA) is 173 Å². The van der Waals surface area contributed by atoms with Gasteiger partial charge in [-0.25, -0.2) is 24.5 Å². The van der Waals surface area contributed by atoms with E-state index in [1.807, 2.05) is 36.4 Å². The first kappa shape index (κ1) is 23.0. The second kappa shape index (κ2) is 9.86. The van der Waals surface area contributed by atoms with Crippen molar-refractivity contribution in [2.75, 3.05) is 18.0 Å². The Morgan fingerprint density at radius 1 is 1.08 bits per heavy atom. The molecule has 4 heterocycles. The van der Waals surface area contributed by atoms with Crippen LogP contribution < -0.4 is 27.4 Å². The van der Waals surface area contributed by atoms with E-state index in [1.165, 1.54) is 0 Å². The average molecular weight is 487 g/mol. The first-order valence-corrected chi connectivity index (χ1v) is 11.6. The lowest BCUT2D eigenvalue weighted by Crippen LogP contribution is -2.37. The number of guanidine groups is 1. The fourth-order valence-corrected chi connectivity index (χ4v) is 4.45. The number of benzene rings is 1. The number of carbonyl (C=O) groups is 1. The molecule has 3 aromatic heterocycles. The fourth-order valence-electron chi connectivity index (χ4n) is 4.45. The minimum absolute atomic E-state index is 0.0758. The highest BCUT2D eigenvalue weighted by Crippen LogP contribution is 2.27. The third kappa shape index (κ3) is 4.87. The number of imidazole rings is 1. The van der Waals surface area contributed by atoms with Gasteiger partial charge in [0, 0.05) is 49.8 Å². The minimum atomic E-state index is -0.595. The zero-order valence-corrected chi connectivity index (χ0v) is 19.5. The summed E-state index contributed by atoms with van der Waals surface area (Å²) >= 11 is 0. The van der Waals surface area contributed by atoms with Gasteiger partial charge in [0.1, 0.15) is 0 Å². The van der Waals surface area contributed by atoms with Crippen LogP contribution in [0.2, 0.25) is 0 Å². The summed E-state index contributed by atoms with van der Waals surface area (Å²) in [7, 11) is 0. The number of amides is 2. The fraction of sp³-hybridized carbons (Fsp3) is 0.250. The van der Waals surface area contributed by atoms with Crippen molar-refractivity contribution in [1.29, 1.82) is 0 Å². The summed E-state index contributed by atoms with van der Waals surface area (Å²) in [5, 5.41) is 2.64. The van der Waals surface area contributed by atoms with Gasteiger partial charge in [0.25, 0.3) is 0 Å². The molecular formula is C24H26N10O2. The van der Waals surface area contributed by atoms with Crippen LogP contribution in [-0.4, -0.2) is 49.6 Å². The van der Waals surface area contributed by atoms with Gasteiger partial charge >= 0.3 is 11.7 Å². The summed E-state index contributed by atoms with van der Waals surface area (Å²) < 4.78 is 1.77. The Morgan fingerprint density at radius 2 is 1.86 bits per heavy atom. The molecule has 1 aromatic carbocycles. The van der Waals surface area contributed by atoms with E-state index in [-0.39, 0.29) is 24.2 Å². The van der Waals surface area contributed by atoms with Crippen molar-refractivity contribution >= 4 is 29.1 Å². The number of carbonyl (C=O) groups excluding carboxylic acids is 1. The molecule has 0 atom stereocenters. The number of aromatic amines is 1. The van der Waals surface area contributed by atoms with Crippen molar-refractivity contribution < 1.29 is 4.79 Å². The first-order chi connectivity index (χ1) is 17.5. The molecule has 4 aromatic rings. The average Bonchev–Trinajstić information content (AvgIpc) is 3.23. The van der Waals surface area contributed by atoms with E-state index in [9.17, 15) is 9.59 Å². The molecule has 2 amide bonds. The number of pyridine rings is 1. The molecule has 184 valence electrons. The molecule has 0 spiro atoms. The number of aromatic nitrogens is 5. The standard InChI is InChI=1S/C24H26N10O2/c25-21(26)32-23(35)30-12-15-3-1-4-16(11-15)17-13-28-22(29-14-17)33-9-6-18(7-10-33)34-20-19(31-24(34)36)5-2-8-27-20/h1-5,8,11,13-14,18H,6-7,9-10,12H2,(H,31,36)(H5,25,26,30,32,35). The molecule has 1 aliphatic rings. The lowest BCUT2D eigenvalue weighted by atomic mass is 10.0. The zero-order chi connectivity index (χ0) is 25.1. The monoisotopic (exact) mass is 486 g/mol. The van der Waals surface area contributed by atoms with Gasteiger partial charge in [0.15, 0.2) is 11.6 Å². The first-order valence-electron chi connectivity index (χ1n) is 11.6. The quantitative estimate of drug-likeness (QED) is 0.243. The predicted molar refractivity (Wildman–Crippen MR) is 136 cm³/mol. The third-order valence-electron chi connectivity index (χ3n) is 6.16. The number of hydrogen-bond acceptors (Lipinski definition) is 6. The Hall–Kier alpha value is -4.74. The molecule has 36 heavy (non-hydrogen) atoms. The third-order valence-corrected chi connectivity index (χ3v) is 6.16. The van der Waals surface area contributed by atoms with Crippen LogP contribution in [0.25, 0.3) is 22.3 Å². The molecule has 5 rings (SSSR count). The molecule has 0 saturated carbocycles. The van der Waals surface area contributed by atoms with Crippen LogP contribution in [0.4, 0.5) is 10.7 Å². The molecule has 0 bridgehead atoms. The molecule has 6 N–H and O–H groups in total. The smallest absolute Gasteiger partial charge is 0.344 e. The van der Waals surface area contributed by atoms with Crippen molar-refractivity contribution in [3.8, 4) is 11.1 Å². The predicted octanol–water partition coefficient (Wildman–Crippen LogP) is 1.51. The van der Waals surface area contributed by atoms with Gasteiger partial charge in [0.2, 0.25) is 5.95 Å². The number of nitrogens with one attached hydrogen (secondary N) is 2.